The zero-order valence-electron chi connectivity index (χ0n) is 45.3. The van der Waals surface area contributed by atoms with E-state index in [9.17, 15) is 51.2 Å². The van der Waals surface area contributed by atoms with E-state index >= 15 is 0 Å². The van der Waals surface area contributed by atoms with Crippen molar-refractivity contribution in [2.24, 2.45) is 0 Å². The normalized spacial score (nSPS) is 14.8. The molecular weight excluding hydrogens is 1110 g/mol. The molecule has 2 aliphatic rings. The van der Waals surface area contributed by atoms with Crippen molar-refractivity contribution < 1.29 is 59.8 Å². The number of nitro groups is 2. The highest BCUT2D eigenvalue weighted by atomic mass is 32.2. The van der Waals surface area contributed by atoms with Gasteiger partial charge in [0.15, 0.2) is 0 Å². The highest BCUT2D eigenvalue weighted by Crippen LogP contribution is 2.35. The van der Waals surface area contributed by atoms with Gasteiger partial charge in [0.25, 0.3) is 21.5 Å². The first-order valence-corrected chi connectivity index (χ1v) is 30.6. The molecule has 0 unspecified atom stereocenters. The number of rotatable bonds is 21. The number of nitrogens with zero attached hydrogens (tertiary/aromatic N) is 5. The van der Waals surface area contributed by atoms with Gasteiger partial charge in [0.2, 0.25) is 11.8 Å². The first-order valence-electron chi connectivity index (χ1n) is 26.0. The van der Waals surface area contributed by atoms with E-state index in [1.807, 2.05) is 113 Å². The van der Waals surface area contributed by atoms with Gasteiger partial charge in [-0.25, -0.2) is 8.42 Å². The summed E-state index contributed by atoms with van der Waals surface area (Å²) in [6.07, 6.45) is 6.45. The van der Waals surface area contributed by atoms with E-state index < -0.39 is 35.0 Å². The smallest absolute Gasteiger partial charge is 0.296 e. The molecule has 0 bridgehead atoms. The van der Waals surface area contributed by atoms with Crippen LogP contribution in [0, 0.1) is 20.2 Å². The number of amides is 2. The van der Waals surface area contributed by atoms with Crippen LogP contribution in [0.1, 0.15) is 62.1 Å². The third kappa shape index (κ3) is 18.9. The van der Waals surface area contributed by atoms with Crippen LogP contribution in [0.2, 0.25) is 0 Å². The molecule has 2 fully saturated rings. The largest absolute Gasteiger partial charge is 0.744 e. The van der Waals surface area contributed by atoms with Gasteiger partial charge < -0.3 is 34.0 Å². The summed E-state index contributed by atoms with van der Waals surface area (Å²) in [7, 11) is -4.93. The van der Waals surface area contributed by atoms with E-state index in [2.05, 4.69) is 27.7 Å². The molecule has 2 aromatic heterocycles. The molecular formula is C56H70N6O14S4. The summed E-state index contributed by atoms with van der Waals surface area (Å²) < 4.78 is 70.9. The quantitative estimate of drug-likeness (QED) is 0.0306. The van der Waals surface area contributed by atoms with Crippen LogP contribution in [0.5, 0.6) is 0 Å². The third-order valence-electron chi connectivity index (χ3n) is 13.4. The highest BCUT2D eigenvalue weighted by Gasteiger charge is 2.44. The Morgan fingerprint density at radius 2 is 1.04 bits per heavy atom. The zero-order chi connectivity index (χ0) is 58.2. The number of nitrogens with two attached hydrogens (primary N) is 1. The molecule has 2 saturated heterocycles. The molecule has 2 aliphatic heterocycles. The van der Waals surface area contributed by atoms with Crippen LogP contribution in [-0.4, -0.2) is 126 Å². The molecule has 6 aromatic rings. The molecule has 20 nitrogen and oxygen atoms in total. The first kappa shape index (κ1) is 64.5. The van der Waals surface area contributed by atoms with E-state index in [0.29, 0.717) is 32.5 Å². The summed E-state index contributed by atoms with van der Waals surface area (Å²) in [6.45, 7) is 10.2. The average Bonchev–Trinajstić information content (AvgIpc) is 4.20. The average molecular weight is 1180 g/mol. The fourth-order valence-corrected chi connectivity index (χ4v) is 12.2. The minimum absolute atomic E-state index is 0.0415. The summed E-state index contributed by atoms with van der Waals surface area (Å²) >= 11 is 3.35. The Kier molecular flexibility index (Phi) is 25.5. The SMILES string of the molecule is CCC(=O)N(c1ccccc1)C1(COC)CCN(CCc2cccs2)CC1.CCC(=O)N(c1ccccc1)C1(COC)CC[NH2+]CC1.O=[N+]([O-])c1ccc(S(=O)(=O)OCCc2cccs2)cc1.O=[N+]([O-])c1ccc(S(=O)(=O)[O-])cc1. The number of hydrogen-bond acceptors (Lipinski definition) is 17. The lowest BCUT2D eigenvalue weighted by molar-refractivity contribution is -0.665. The highest BCUT2D eigenvalue weighted by molar-refractivity contribution is 7.86. The van der Waals surface area contributed by atoms with Gasteiger partial charge in [0.1, 0.15) is 10.1 Å². The van der Waals surface area contributed by atoms with Gasteiger partial charge >= 0.3 is 0 Å². The van der Waals surface area contributed by atoms with Crippen molar-refractivity contribution in [3.8, 4) is 0 Å². The van der Waals surface area contributed by atoms with Crippen molar-refractivity contribution >= 4 is 77.5 Å². The second-order valence-corrected chi connectivity index (χ2v) is 23.8. The number of thiophene rings is 2. The molecule has 2 N–H and O–H groups in total. The molecule has 432 valence electrons. The van der Waals surface area contributed by atoms with Gasteiger partial charge in [-0.3, -0.25) is 34.0 Å². The van der Waals surface area contributed by atoms with Gasteiger partial charge in [-0.1, -0.05) is 62.4 Å². The second-order valence-electron chi connectivity index (χ2n) is 18.7. The Labute approximate surface area is 476 Å². The fourth-order valence-electron chi connectivity index (χ4n) is 9.41. The summed E-state index contributed by atoms with van der Waals surface area (Å²) in [5, 5.41) is 27.0. The Hall–Kier alpha value is -6.32. The van der Waals surface area contributed by atoms with Crippen LogP contribution in [0.4, 0.5) is 22.7 Å². The number of para-hydroxylation sites is 2. The lowest BCUT2D eigenvalue weighted by atomic mass is 9.85. The monoisotopic (exact) mass is 1180 g/mol. The van der Waals surface area contributed by atoms with Gasteiger partial charge in [-0.2, -0.15) is 8.42 Å². The van der Waals surface area contributed by atoms with E-state index in [4.69, 9.17) is 13.7 Å². The van der Waals surface area contributed by atoms with Crippen LogP contribution >= 0.6 is 22.7 Å². The summed E-state index contributed by atoms with van der Waals surface area (Å²) in [5.41, 5.74) is 1.09. The van der Waals surface area contributed by atoms with Gasteiger partial charge in [-0.05, 0) is 90.7 Å². The van der Waals surface area contributed by atoms with E-state index in [1.165, 1.54) is 28.3 Å². The maximum atomic E-state index is 12.9. The molecule has 0 atom stereocenters. The molecule has 0 radical (unpaired) electrons. The summed E-state index contributed by atoms with van der Waals surface area (Å²) in [5.74, 6) is 0.348. The van der Waals surface area contributed by atoms with E-state index in [-0.39, 0.29) is 45.8 Å². The van der Waals surface area contributed by atoms with Crippen molar-refractivity contribution in [1.82, 2.24) is 4.90 Å². The molecule has 4 aromatic carbocycles. The van der Waals surface area contributed by atoms with E-state index in [0.717, 1.165) is 117 Å². The van der Waals surface area contributed by atoms with Crippen LogP contribution in [-0.2, 0) is 56.3 Å². The number of benzene rings is 4. The molecule has 0 spiro atoms. The number of anilines is 2. The number of ether oxygens (including phenoxy) is 2. The third-order valence-corrected chi connectivity index (χ3v) is 17.5. The van der Waals surface area contributed by atoms with Crippen molar-refractivity contribution in [3.63, 3.8) is 0 Å². The second kappa shape index (κ2) is 31.6. The molecule has 80 heavy (non-hydrogen) atoms. The minimum atomic E-state index is -4.52. The van der Waals surface area contributed by atoms with Crippen LogP contribution in [0.15, 0.2) is 154 Å². The summed E-state index contributed by atoms with van der Waals surface area (Å²) in [6, 6.07) is 36.5. The number of non-ortho nitro benzene ring substituents is 2. The maximum absolute atomic E-state index is 12.9. The zero-order valence-corrected chi connectivity index (χ0v) is 48.6. The molecule has 4 heterocycles. The summed E-state index contributed by atoms with van der Waals surface area (Å²) in [4.78, 5) is 53.3. The van der Waals surface area contributed by atoms with Crippen molar-refractivity contribution in [3.05, 3.63) is 174 Å². The predicted molar refractivity (Wildman–Crippen MR) is 308 cm³/mol. The number of piperidine rings is 2. The Morgan fingerprint density at radius 3 is 1.43 bits per heavy atom. The molecule has 24 heteroatoms. The van der Waals surface area contributed by atoms with Gasteiger partial charge in [0, 0.05) is 111 Å². The van der Waals surface area contributed by atoms with Gasteiger partial charge in [-0.15, -0.1) is 22.7 Å². The van der Waals surface area contributed by atoms with Crippen molar-refractivity contribution in [2.75, 3.05) is 76.6 Å². The van der Waals surface area contributed by atoms with E-state index in [1.54, 1.807) is 14.2 Å². The number of nitro benzene ring substituents is 2. The number of likely N-dealkylation sites (tertiary alicyclic amines) is 1. The van der Waals surface area contributed by atoms with Crippen molar-refractivity contribution in [1.29, 1.82) is 0 Å². The Morgan fingerprint density at radius 1 is 0.613 bits per heavy atom. The van der Waals surface area contributed by atoms with Crippen LogP contribution < -0.4 is 15.1 Å². The van der Waals surface area contributed by atoms with Crippen molar-refractivity contribution in [2.45, 2.75) is 86.1 Å². The maximum Gasteiger partial charge on any atom is 0.296 e. The molecule has 8 rings (SSSR count). The minimum Gasteiger partial charge on any atom is -0.744 e. The number of quaternary nitrogens is 1. The molecule has 2 amide bonds. The van der Waals surface area contributed by atoms with Gasteiger partial charge in [0.05, 0.1) is 63.6 Å². The number of carbonyl (C=O) groups excluding carboxylic acids is 2. The van der Waals surface area contributed by atoms with Crippen LogP contribution in [0.3, 0.4) is 0 Å². The Balaban J connectivity index is 0.000000202. The lowest BCUT2D eigenvalue weighted by Gasteiger charge is -2.48. The topological polar surface area (TPSA) is 266 Å². The fraction of sp³-hybridized carbons (Fsp3) is 0.393. The first-order chi connectivity index (χ1) is 38.3. The Bertz CT molecular complexity index is 3040. The standard InChI is InChI=1S/C22H30N2O2S.C16H24N2O2.C12H11NO5S2.C6H5NO5S/c1-3-21(25)24(19-8-5-4-6-9-19)22(18-26-2)12-15-23(16-13-22)14-11-20-10-7-17-27-20;1-3-15(19)18(14-7-5-4-6-8-14)16(13-20-2)9-11-17-12-10-16;14-13(15)10-3-5-12(6-4-10)20(16,17)18-8-7-11-2-1-9-19-11;8-7(9)5-1-3-6(4-2-5)13(10,11)12/h4-10,17H,3,11-16,18H2,1-2H3;4-8,17H,3,9-13H2,1-2H3;1-6,9H,7-8H2;1-4H,(H,10,11,12). The number of methoxy groups -OCH3 is 2. The molecule has 0 saturated carbocycles. The lowest BCUT2D eigenvalue weighted by Crippen LogP contribution is -2.89. The number of hydrogen-bond donors (Lipinski definition) is 1. The van der Waals surface area contributed by atoms with Crippen LogP contribution in [0.25, 0.3) is 0 Å². The number of carbonyl (C=O) groups is 2. The molecule has 0 aliphatic carbocycles. The predicted octanol–water partition coefficient (Wildman–Crippen LogP) is 8.49.